The van der Waals surface area contributed by atoms with Gasteiger partial charge in [-0.1, -0.05) is 11.5 Å². The quantitative estimate of drug-likeness (QED) is 0.615. The van der Waals surface area contributed by atoms with Crippen LogP contribution in [0.5, 0.6) is 0 Å². The lowest BCUT2D eigenvalue weighted by Crippen LogP contribution is -2.49. The molecule has 0 bridgehead atoms. The highest BCUT2D eigenvalue weighted by Crippen LogP contribution is 2.24. The molecule has 0 fully saturated rings. The minimum absolute atomic E-state index is 0.255. The summed E-state index contributed by atoms with van der Waals surface area (Å²) in [7, 11) is 1.26. The minimum Gasteiger partial charge on any atom is -0.427 e. The summed E-state index contributed by atoms with van der Waals surface area (Å²) >= 11 is 0. The van der Waals surface area contributed by atoms with Crippen LogP contribution in [0, 0.1) is 5.82 Å². The molecular weight excluding hydrogens is 315 g/mol. The van der Waals surface area contributed by atoms with Gasteiger partial charge in [-0.25, -0.2) is 4.39 Å². The molecule has 1 aromatic rings. The van der Waals surface area contributed by atoms with Gasteiger partial charge in [0.1, 0.15) is 12.4 Å². The lowest BCUT2D eigenvalue weighted by Gasteiger charge is -2.37. The second-order valence-corrected chi connectivity index (χ2v) is 6.31. The molecule has 0 aliphatic heterocycles. The van der Waals surface area contributed by atoms with Crippen molar-refractivity contribution in [1.29, 1.82) is 0 Å². The number of halogens is 4. The second-order valence-electron chi connectivity index (χ2n) is 6.31. The van der Waals surface area contributed by atoms with Crippen LogP contribution < -0.4 is 5.46 Å². The van der Waals surface area contributed by atoms with Crippen LogP contribution in [-0.4, -0.2) is 36.6 Å². The van der Waals surface area contributed by atoms with Crippen molar-refractivity contribution < 1.29 is 32.1 Å². The summed E-state index contributed by atoms with van der Waals surface area (Å²) < 4.78 is 59.6. The maximum atomic E-state index is 13.5. The summed E-state index contributed by atoms with van der Waals surface area (Å²) in [4.78, 5) is 0. The van der Waals surface area contributed by atoms with E-state index in [-0.39, 0.29) is 12.2 Å². The summed E-state index contributed by atoms with van der Waals surface area (Å²) in [6.07, 6.45) is -4.43. The molecule has 8 heteroatoms. The first-order valence-electron chi connectivity index (χ1n) is 6.97. The van der Waals surface area contributed by atoms with Gasteiger partial charge in [-0.3, -0.25) is 0 Å². The molecule has 0 spiro atoms. The summed E-state index contributed by atoms with van der Waals surface area (Å²) in [5, 5.41) is 9.98. The van der Waals surface area contributed by atoms with Crippen LogP contribution in [0.1, 0.15) is 33.3 Å². The van der Waals surface area contributed by atoms with Gasteiger partial charge in [0.05, 0.1) is 17.8 Å². The van der Waals surface area contributed by atoms with Gasteiger partial charge in [0.15, 0.2) is 0 Å². The Morgan fingerprint density at radius 2 is 1.70 bits per heavy atom. The first-order chi connectivity index (χ1) is 10.3. The van der Waals surface area contributed by atoms with Gasteiger partial charge in [-0.05, 0) is 45.4 Å². The molecule has 0 unspecified atom stereocenters. The largest absolute Gasteiger partial charge is 0.427 e. The zero-order valence-electron chi connectivity index (χ0n) is 13.5. The van der Waals surface area contributed by atoms with Gasteiger partial charge in [0, 0.05) is 0 Å². The molecule has 23 heavy (non-hydrogen) atoms. The summed E-state index contributed by atoms with van der Waals surface area (Å²) in [5.74, 6) is -0.617. The summed E-state index contributed by atoms with van der Waals surface area (Å²) in [5.41, 5.74) is -1.50. The van der Waals surface area contributed by atoms with E-state index in [0.29, 0.717) is 5.46 Å². The van der Waals surface area contributed by atoms with Crippen LogP contribution in [0.25, 0.3) is 0 Å². The van der Waals surface area contributed by atoms with E-state index in [1.165, 1.54) is 19.6 Å². The Bertz CT molecular complexity index is 524. The normalized spacial score (nSPS) is 13.3. The van der Waals surface area contributed by atoms with Crippen molar-refractivity contribution in [3.05, 3.63) is 29.6 Å². The average Bonchev–Trinajstić information content (AvgIpc) is 2.33. The number of ether oxygens (including phenoxy) is 1. The Kier molecular flexibility index (Phi) is 6.23. The van der Waals surface area contributed by atoms with Crippen molar-refractivity contribution >= 4 is 12.9 Å². The predicted molar refractivity (Wildman–Crippen MR) is 79.0 cm³/mol. The van der Waals surface area contributed by atoms with E-state index in [0.717, 1.165) is 6.07 Å². The molecule has 0 saturated carbocycles. The molecule has 0 aliphatic rings. The molecule has 3 nitrogen and oxygen atoms in total. The van der Waals surface area contributed by atoms with E-state index in [1.54, 1.807) is 27.7 Å². The van der Waals surface area contributed by atoms with Crippen molar-refractivity contribution in [3.63, 3.8) is 0 Å². The fourth-order valence-electron chi connectivity index (χ4n) is 1.47. The Morgan fingerprint density at radius 3 is 2.22 bits per heavy atom. The zero-order chi connectivity index (χ0) is 17.9. The fourth-order valence-corrected chi connectivity index (χ4v) is 1.47. The van der Waals surface area contributed by atoms with Crippen molar-refractivity contribution in [1.82, 2.24) is 0 Å². The van der Waals surface area contributed by atoms with E-state index in [4.69, 9.17) is 4.65 Å². The smallest absolute Gasteiger partial charge is 0.411 e. The van der Waals surface area contributed by atoms with Gasteiger partial charge in [0.2, 0.25) is 0 Å². The van der Waals surface area contributed by atoms with E-state index >= 15 is 0 Å². The molecule has 1 N–H and O–H groups in total. The highest BCUT2D eigenvalue weighted by Gasteiger charge is 2.35. The number of benzene rings is 1. The maximum absolute atomic E-state index is 13.5. The maximum Gasteiger partial charge on any atom is 0.411 e. The Hall–Kier alpha value is -1.12. The standard InChI is InChI=1S/C15H20BF4O3/c1-13(2,21)14(3,4)23-16-11-5-10(6-12(17)7-11)8-22-9-15(18,19)20/h5-7,21H,8-9H2,1-4H3. The van der Waals surface area contributed by atoms with Gasteiger partial charge in [0.25, 0.3) is 0 Å². The molecule has 1 rings (SSSR count). The monoisotopic (exact) mass is 335 g/mol. The van der Waals surface area contributed by atoms with Crippen molar-refractivity contribution in [2.45, 2.75) is 51.7 Å². The van der Waals surface area contributed by atoms with E-state index < -0.39 is 29.8 Å². The lowest BCUT2D eigenvalue weighted by molar-refractivity contribution is -0.176. The minimum atomic E-state index is -4.43. The lowest BCUT2D eigenvalue weighted by atomic mass is 9.82. The third-order valence-corrected chi connectivity index (χ3v) is 3.48. The van der Waals surface area contributed by atoms with E-state index in [1.807, 2.05) is 0 Å². The Morgan fingerprint density at radius 1 is 1.09 bits per heavy atom. The third kappa shape index (κ3) is 6.89. The molecule has 0 atom stereocenters. The van der Waals surface area contributed by atoms with Gasteiger partial charge < -0.3 is 14.5 Å². The molecule has 0 aromatic heterocycles. The first kappa shape index (κ1) is 19.9. The molecule has 0 amide bonds. The van der Waals surface area contributed by atoms with E-state index in [9.17, 15) is 22.7 Å². The summed E-state index contributed by atoms with van der Waals surface area (Å²) in [6, 6.07) is 3.72. The van der Waals surface area contributed by atoms with Crippen LogP contribution >= 0.6 is 0 Å². The van der Waals surface area contributed by atoms with Crippen molar-refractivity contribution in [2.75, 3.05) is 6.61 Å². The molecular formula is C15H20BF4O3. The number of hydrogen-bond acceptors (Lipinski definition) is 3. The van der Waals surface area contributed by atoms with Crippen LogP contribution in [0.3, 0.4) is 0 Å². The number of hydrogen-bond donors (Lipinski definition) is 1. The number of alkyl halides is 3. The average molecular weight is 335 g/mol. The zero-order valence-corrected chi connectivity index (χ0v) is 13.5. The molecule has 0 aliphatic carbocycles. The first-order valence-corrected chi connectivity index (χ1v) is 6.97. The predicted octanol–water partition coefficient (Wildman–Crippen LogP) is 2.72. The van der Waals surface area contributed by atoms with Gasteiger partial charge in [-0.2, -0.15) is 13.2 Å². The van der Waals surface area contributed by atoms with Crippen LogP contribution in [0.2, 0.25) is 0 Å². The molecule has 1 radical (unpaired) electrons. The topological polar surface area (TPSA) is 38.7 Å². The van der Waals surface area contributed by atoms with Crippen LogP contribution in [0.4, 0.5) is 17.6 Å². The molecule has 129 valence electrons. The van der Waals surface area contributed by atoms with Crippen molar-refractivity contribution in [3.8, 4) is 0 Å². The van der Waals surface area contributed by atoms with E-state index in [2.05, 4.69) is 4.74 Å². The Labute approximate surface area is 133 Å². The number of aliphatic hydroxyl groups is 1. The number of rotatable bonds is 7. The van der Waals surface area contributed by atoms with Gasteiger partial charge in [-0.15, -0.1) is 0 Å². The Balaban J connectivity index is 2.70. The molecule has 0 heterocycles. The van der Waals surface area contributed by atoms with Gasteiger partial charge >= 0.3 is 13.7 Å². The summed E-state index contributed by atoms with van der Waals surface area (Å²) in [6.45, 7) is 4.70. The highest BCUT2D eigenvalue weighted by atomic mass is 19.4. The third-order valence-electron chi connectivity index (χ3n) is 3.48. The van der Waals surface area contributed by atoms with Crippen molar-refractivity contribution in [2.24, 2.45) is 0 Å². The molecule has 0 saturated heterocycles. The fraction of sp³-hybridized carbons (Fsp3) is 0.600. The second kappa shape index (κ2) is 7.19. The SMILES string of the molecule is CC(C)(O)C(C)(C)O[B]c1cc(F)cc(COCC(F)(F)F)c1. The van der Waals surface area contributed by atoms with Crippen LogP contribution in [-0.2, 0) is 16.0 Å². The highest BCUT2D eigenvalue weighted by molar-refractivity contribution is 6.47. The molecule has 1 aromatic carbocycles. The van der Waals surface area contributed by atoms with Crippen LogP contribution in [0.15, 0.2) is 18.2 Å².